The van der Waals surface area contributed by atoms with E-state index in [1.807, 2.05) is 12.1 Å². The summed E-state index contributed by atoms with van der Waals surface area (Å²) in [5, 5.41) is 4.02. The van der Waals surface area contributed by atoms with Crippen molar-refractivity contribution in [2.75, 3.05) is 50.1 Å². The Labute approximate surface area is 169 Å². The van der Waals surface area contributed by atoms with Gasteiger partial charge in [-0.15, -0.1) is 0 Å². The number of methoxy groups -OCH3 is 1. The number of carbonyl (C=O) groups excluding carboxylic acids is 1. The molecule has 0 aromatic heterocycles. The number of anilines is 2. The summed E-state index contributed by atoms with van der Waals surface area (Å²) in [6.07, 6.45) is 0. The summed E-state index contributed by atoms with van der Waals surface area (Å²) >= 11 is 12.2. The van der Waals surface area contributed by atoms with Crippen LogP contribution in [0.4, 0.5) is 11.4 Å². The van der Waals surface area contributed by atoms with Crippen molar-refractivity contribution in [3.05, 3.63) is 52.0 Å². The maximum atomic E-state index is 12.9. The van der Waals surface area contributed by atoms with Crippen molar-refractivity contribution in [1.82, 2.24) is 4.90 Å². The van der Waals surface area contributed by atoms with E-state index in [1.54, 1.807) is 24.3 Å². The number of amides is 1. The second kappa shape index (κ2) is 8.83. The number of halogens is 2. The lowest BCUT2D eigenvalue weighted by Gasteiger charge is -2.36. The third-order valence-corrected chi connectivity index (χ3v) is 5.24. The maximum Gasteiger partial charge on any atom is 0.259 e. The van der Waals surface area contributed by atoms with Gasteiger partial charge in [0, 0.05) is 36.2 Å². The molecule has 1 aliphatic heterocycles. The molecule has 0 spiro atoms. The van der Waals surface area contributed by atoms with Gasteiger partial charge in [-0.3, -0.25) is 4.79 Å². The van der Waals surface area contributed by atoms with Gasteiger partial charge in [0.15, 0.2) is 0 Å². The summed E-state index contributed by atoms with van der Waals surface area (Å²) in [5.41, 5.74) is 2.02. The average molecular weight is 408 g/mol. The van der Waals surface area contributed by atoms with Crippen molar-refractivity contribution < 1.29 is 9.53 Å². The molecule has 0 aliphatic carbocycles. The minimum atomic E-state index is -0.287. The number of carbonyl (C=O) groups is 1. The Morgan fingerprint density at radius 2 is 1.74 bits per heavy atom. The Hall–Kier alpha value is -1.95. The predicted molar refractivity (Wildman–Crippen MR) is 112 cm³/mol. The van der Waals surface area contributed by atoms with Gasteiger partial charge in [0.2, 0.25) is 0 Å². The van der Waals surface area contributed by atoms with Crippen LogP contribution in [0.5, 0.6) is 5.75 Å². The van der Waals surface area contributed by atoms with Gasteiger partial charge in [0.05, 0.1) is 24.0 Å². The molecule has 0 radical (unpaired) electrons. The van der Waals surface area contributed by atoms with Crippen LogP contribution in [-0.4, -0.2) is 50.6 Å². The highest BCUT2D eigenvalue weighted by molar-refractivity contribution is 6.31. The Bertz CT molecular complexity index is 821. The Morgan fingerprint density at radius 3 is 2.41 bits per heavy atom. The second-order valence-electron chi connectivity index (χ2n) is 6.38. The third kappa shape index (κ3) is 4.67. The molecule has 1 saturated heterocycles. The van der Waals surface area contributed by atoms with E-state index in [0.717, 1.165) is 38.4 Å². The van der Waals surface area contributed by atoms with Crippen LogP contribution < -0.4 is 15.0 Å². The fraction of sp³-hybridized carbons (Fsp3) is 0.350. The van der Waals surface area contributed by atoms with Crippen LogP contribution in [0, 0.1) is 0 Å². The zero-order valence-corrected chi connectivity index (χ0v) is 17.0. The largest absolute Gasteiger partial charge is 0.496 e. The lowest BCUT2D eigenvalue weighted by atomic mass is 10.1. The van der Waals surface area contributed by atoms with Gasteiger partial charge in [-0.2, -0.15) is 0 Å². The predicted octanol–water partition coefficient (Wildman–Crippen LogP) is 4.40. The van der Waals surface area contributed by atoms with Gasteiger partial charge >= 0.3 is 0 Å². The zero-order valence-electron chi connectivity index (χ0n) is 15.5. The topological polar surface area (TPSA) is 44.8 Å². The first kappa shape index (κ1) is 19.8. The van der Waals surface area contributed by atoms with Crippen LogP contribution in [0.15, 0.2) is 36.4 Å². The summed E-state index contributed by atoms with van der Waals surface area (Å²) in [7, 11) is 1.53. The van der Waals surface area contributed by atoms with E-state index >= 15 is 0 Å². The molecule has 27 heavy (non-hydrogen) atoms. The van der Waals surface area contributed by atoms with Crippen LogP contribution >= 0.6 is 23.2 Å². The summed E-state index contributed by atoms with van der Waals surface area (Å²) in [6, 6.07) is 10.5. The minimum absolute atomic E-state index is 0.287. The molecule has 1 aliphatic rings. The molecule has 0 atom stereocenters. The lowest BCUT2D eigenvalue weighted by molar-refractivity contribution is 0.102. The third-order valence-electron chi connectivity index (χ3n) is 4.77. The van der Waals surface area contributed by atoms with E-state index < -0.39 is 0 Å². The highest BCUT2D eigenvalue weighted by Crippen LogP contribution is 2.31. The van der Waals surface area contributed by atoms with Gasteiger partial charge in [-0.05, 0) is 42.9 Å². The number of hydrogen-bond donors (Lipinski definition) is 1. The molecule has 3 rings (SSSR count). The summed E-state index contributed by atoms with van der Waals surface area (Å²) in [4.78, 5) is 17.5. The molecule has 0 saturated carbocycles. The number of benzene rings is 2. The highest BCUT2D eigenvalue weighted by atomic mass is 35.5. The highest BCUT2D eigenvalue weighted by Gasteiger charge is 2.21. The fourth-order valence-corrected chi connectivity index (χ4v) is 3.58. The van der Waals surface area contributed by atoms with Gasteiger partial charge in [-0.25, -0.2) is 0 Å². The molecule has 1 heterocycles. The molecule has 2 aromatic rings. The van der Waals surface area contributed by atoms with Crippen LogP contribution in [-0.2, 0) is 0 Å². The van der Waals surface area contributed by atoms with Crippen molar-refractivity contribution in [3.8, 4) is 5.75 Å². The van der Waals surface area contributed by atoms with Crippen LogP contribution in [0.1, 0.15) is 17.3 Å². The molecular formula is C20H23Cl2N3O2. The number of nitrogens with zero attached hydrogens (tertiary/aromatic N) is 2. The molecule has 5 nitrogen and oxygen atoms in total. The molecule has 1 N–H and O–H groups in total. The maximum absolute atomic E-state index is 12.9. The zero-order chi connectivity index (χ0) is 19.4. The Morgan fingerprint density at radius 1 is 1.07 bits per heavy atom. The van der Waals surface area contributed by atoms with Crippen molar-refractivity contribution in [2.24, 2.45) is 0 Å². The molecule has 7 heteroatoms. The number of nitrogens with one attached hydrogen (secondary N) is 1. The first-order chi connectivity index (χ1) is 13.0. The quantitative estimate of drug-likeness (QED) is 0.797. The normalized spacial score (nSPS) is 14.9. The van der Waals surface area contributed by atoms with Gasteiger partial charge in [0.25, 0.3) is 5.91 Å². The van der Waals surface area contributed by atoms with Gasteiger partial charge < -0.3 is 19.9 Å². The lowest BCUT2D eigenvalue weighted by Crippen LogP contribution is -2.46. The summed E-state index contributed by atoms with van der Waals surface area (Å²) < 4.78 is 5.29. The number of likely N-dealkylation sites (N-methyl/N-ethyl adjacent to an activating group) is 1. The van der Waals surface area contributed by atoms with Crippen LogP contribution in [0.3, 0.4) is 0 Å². The van der Waals surface area contributed by atoms with Crippen molar-refractivity contribution in [3.63, 3.8) is 0 Å². The van der Waals surface area contributed by atoms with E-state index in [0.29, 0.717) is 27.0 Å². The number of rotatable bonds is 5. The molecule has 0 bridgehead atoms. The summed E-state index contributed by atoms with van der Waals surface area (Å²) in [6.45, 7) is 7.01. The molecule has 1 amide bonds. The smallest absolute Gasteiger partial charge is 0.259 e. The van der Waals surface area contributed by atoms with E-state index in [-0.39, 0.29) is 5.91 Å². The Balaban J connectivity index is 1.85. The number of piperazine rings is 1. The second-order valence-corrected chi connectivity index (χ2v) is 7.25. The van der Waals surface area contributed by atoms with E-state index in [4.69, 9.17) is 27.9 Å². The minimum Gasteiger partial charge on any atom is -0.496 e. The number of ether oxygens (including phenoxy) is 1. The van der Waals surface area contributed by atoms with E-state index in [1.165, 1.54) is 7.11 Å². The standard InChI is InChI=1S/C20H23Cl2N3O2/c1-3-24-8-10-25(11-9-24)18-6-4-15(22)13-17(18)23-20(26)16-12-14(21)5-7-19(16)27-2/h4-7,12-13H,3,8-11H2,1-2H3,(H,23,26). The van der Waals surface area contributed by atoms with Crippen molar-refractivity contribution in [1.29, 1.82) is 0 Å². The Kier molecular flexibility index (Phi) is 6.47. The SMILES string of the molecule is CCN1CCN(c2ccc(Cl)cc2NC(=O)c2cc(Cl)ccc2OC)CC1. The van der Waals surface area contributed by atoms with Gasteiger partial charge in [0.1, 0.15) is 5.75 Å². The average Bonchev–Trinajstić information content (AvgIpc) is 2.68. The molecule has 144 valence electrons. The fourth-order valence-electron chi connectivity index (χ4n) is 3.24. The molecule has 2 aromatic carbocycles. The van der Waals surface area contributed by atoms with Crippen molar-refractivity contribution in [2.45, 2.75) is 6.92 Å². The molecule has 0 unspecified atom stereocenters. The van der Waals surface area contributed by atoms with Gasteiger partial charge in [-0.1, -0.05) is 30.1 Å². The van der Waals surface area contributed by atoms with Crippen LogP contribution in [0.25, 0.3) is 0 Å². The summed E-state index contributed by atoms with van der Waals surface area (Å²) in [5.74, 6) is 0.182. The van der Waals surface area contributed by atoms with E-state index in [9.17, 15) is 4.79 Å². The molecule has 1 fully saturated rings. The number of hydrogen-bond acceptors (Lipinski definition) is 4. The van der Waals surface area contributed by atoms with E-state index in [2.05, 4.69) is 22.0 Å². The first-order valence-corrected chi connectivity index (χ1v) is 9.69. The van der Waals surface area contributed by atoms with Crippen LogP contribution in [0.2, 0.25) is 10.0 Å². The van der Waals surface area contributed by atoms with Crippen molar-refractivity contribution >= 4 is 40.5 Å². The monoisotopic (exact) mass is 407 g/mol. The molecular weight excluding hydrogens is 385 g/mol. The first-order valence-electron chi connectivity index (χ1n) is 8.93.